The molecule has 4 aromatic rings. The minimum absolute atomic E-state index is 0.00141. The largest absolute Gasteiger partial charge is 0.495 e. The molecule has 0 spiro atoms. The zero-order chi connectivity index (χ0) is 26.6. The third-order valence-electron chi connectivity index (χ3n) is 6.25. The highest BCUT2D eigenvalue weighted by atomic mass is 32.2. The highest BCUT2D eigenvalue weighted by molar-refractivity contribution is 7.99. The van der Waals surface area contributed by atoms with Gasteiger partial charge in [-0.3, -0.25) is 9.59 Å². The molecule has 9 heteroatoms. The first kappa shape index (κ1) is 25.3. The number of fused-ring (bicyclic) bond motifs is 1. The SMILES string of the molecule is COc1ccccc1NC(=O)C1=C(C)Nc2nc(SCC(=O)c3ccc(C)cc3)nn2[C@@H]1c1ccccc1. The lowest BCUT2D eigenvalue weighted by molar-refractivity contribution is -0.113. The molecule has 0 fully saturated rings. The van der Waals surface area contributed by atoms with Crippen molar-refractivity contribution in [3.8, 4) is 5.75 Å². The van der Waals surface area contributed by atoms with Crippen molar-refractivity contribution in [3.05, 3.63) is 107 Å². The Balaban J connectivity index is 1.44. The second kappa shape index (κ2) is 10.9. The Morgan fingerprint density at radius 3 is 2.45 bits per heavy atom. The quantitative estimate of drug-likeness (QED) is 0.232. The fourth-order valence-electron chi connectivity index (χ4n) is 4.32. The number of hydrogen-bond acceptors (Lipinski definition) is 7. The van der Waals surface area contributed by atoms with E-state index in [1.165, 1.54) is 11.8 Å². The van der Waals surface area contributed by atoms with E-state index in [1.54, 1.807) is 23.9 Å². The number of aromatic nitrogens is 3. The lowest BCUT2D eigenvalue weighted by Crippen LogP contribution is -2.31. The summed E-state index contributed by atoms with van der Waals surface area (Å²) in [6.07, 6.45) is 0. The number of ketones is 1. The van der Waals surface area contributed by atoms with Crippen molar-refractivity contribution in [2.45, 2.75) is 25.0 Å². The van der Waals surface area contributed by atoms with Crippen molar-refractivity contribution < 1.29 is 14.3 Å². The number of nitrogens with zero attached hydrogens (tertiary/aromatic N) is 3. The molecule has 192 valence electrons. The topological polar surface area (TPSA) is 98.1 Å². The van der Waals surface area contributed by atoms with E-state index in [0.29, 0.717) is 39.4 Å². The molecule has 38 heavy (non-hydrogen) atoms. The molecule has 1 aliphatic rings. The van der Waals surface area contributed by atoms with E-state index in [4.69, 9.17) is 9.84 Å². The number of carbonyl (C=O) groups is 2. The lowest BCUT2D eigenvalue weighted by atomic mass is 9.95. The summed E-state index contributed by atoms with van der Waals surface area (Å²) in [5.74, 6) is 1.00. The smallest absolute Gasteiger partial charge is 0.255 e. The number of aryl methyl sites for hydroxylation is 1. The second-order valence-corrected chi connectivity index (χ2v) is 9.81. The molecule has 0 saturated carbocycles. The van der Waals surface area contributed by atoms with Crippen LogP contribution in [-0.2, 0) is 4.79 Å². The van der Waals surface area contributed by atoms with E-state index in [9.17, 15) is 9.59 Å². The van der Waals surface area contributed by atoms with Crippen LogP contribution in [0.15, 0.2) is 95.3 Å². The normalized spacial score (nSPS) is 14.4. The van der Waals surface area contributed by atoms with Crippen LogP contribution in [0.3, 0.4) is 0 Å². The third kappa shape index (κ3) is 5.19. The van der Waals surface area contributed by atoms with E-state index in [-0.39, 0.29) is 17.4 Å². The number of allylic oxidation sites excluding steroid dienone is 1. The first-order chi connectivity index (χ1) is 18.4. The molecule has 0 aliphatic carbocycles. The summed E-state index contributed by atoms with van der Waals surface area (Å²) in [6, 6.07) is 23.9. The van der Waals surface area contributed by atoms with Gasteiger partial charge in [0.25, 0.3) is 5.91 Å². The lowest BCUT2D eigenvalue weighted by Gasteiger charge is -2.28. The Morgan fingerprint density at radius 1 is 1.00 bits per heavy atom. The first-order valence-electron chi connectivity index (χ1n) is 12.1. The molecule has 2 heterocycles. The number of rotatable bonds is 8. The summed E-state index contributed by atoms with van der Waals surface area (Å²) in [4.78, 5) is 31.0. The molecular weight excluding hydrogens is 498 g/mol. The summed E-state index contributed by atoms with van der Waals surface area (Å²) < 4.78 is 7.12. The van der Waals surface area contributed by atoms with Crippen molar-refractivity contribution in [2.24, 2.45) is 0 Å². The number of anilines is 2. The van der Waals surface area contributed by atoms with Crippen LogP contribution < -0.4 is 15.4 Å². The average Bonchev–Trinajstić information content (AvgIpc) is 3.34. The van der Waals surface area contributed by atoms with Gasteiger partial charge in [0.15, 0.2) is 5.78 Å². The number of benzene rings is 3. The summed E-state index contributed by atoms with van der Waals surface area (Å²) in [7, 11) is 1.56. The molecule has 1 atom stereocenters. The predicted molar refractivity (Wildman–Crippen MR) is 149 cm³/mol. The molecule has 3 aromatic carbocycles. The summed E-state index contributed by atoms with van der Waals surface area (Å²) in [6.45, 7) is 3.83. The monoisotopic (exact) mass is 525 g/mol. The van der Waals surface area contributed by atoms with Gasteiger partial charge in [-0.05, 0) is 31.5 Å². The highest BCUT2D eigenvalue weighted by Gasteiger charge is 2.34. The maximum absolute atomic E-state index is 13.7. The number of thioether (sulfide) groups is 1. The van der Waals surface area contributed by atoms with Crippen LogP contribution in [-0.4, -0.2) is 39.3 Å². The third-order valence-corrected chi connectivity index (χ3v) is 7.09. The minimum atomic E-state index is -0.517. The van der Waals surface area contributed by atoms with Gasteiger partial charge in [0.1, 0.15) is 11.8 Å². The highest BCUT2D eigenvalue weighted by Crippen LogP contribution is 2.37. The Kier molecular flexibility index (Phi) is 7.28. The van der Waals surface area contributed by atoms with E-state index in [1.807, 2.05) is 80.6 Å². The van der Waals surface area contributed by atoms with Crippen molar-refractivity contribution in [3.63, 3.8) is 0 Å². The molecule has 0 bridgehead atoms. The zero-order valence-electron chi connectivity index (χ0n) is 21.3. The van der Waals surface area contributed by atoms with Gasteiger partial charge in [-0.1, -0.05) is 84.1 Å². The molecule has 1 aromatic heterocycles. The van der Waals surface area contributed by atoms with Crippen LogP contribution in [0.2, 0.25) is 0 Å². The van der Waals surface area contributed by atoms with E-state index >= 15 is 0 Å². The van der Waals surface area contributed by atoms with E-state index in [2.05, 4.69) is 15.6 Å². The Morgan fingerprint density at radius 2 is 1.71 bits per heavy atom. The molecule has 0 unspecified atom stereocenters. The van der Waals surface area contributed by atoms with Crippen LogP contribution >= 0.6 is 11.8 Å². The van der Waals surface area contributed by atoms with Gasteiger partial charge in [-0.2, -0.15) is 4.98 Å². The minimum Gasteiger partial charge on any atom is -0.495 e. The van der Waals surface area contributed by atoms with Crippen LogP contribution in [0.1, 0.15) is 34.5 Å². The van der Waals surface area contributed by atoms with Crippen LogP contribution in [0.25, 0.3) is 0 Å². The van der Waals surface area contributed by atoms with Crippen molar-refractivity contribution in [1.29, 1.82) is 0 Å². The van der Waals surface area contributed by atoms with Crippen molar-refractivity contribution in [2.75, 3.05) is 23.5 Å². The van der Waals surface area contributed by atoms with Gasteiger partial charge in [-0.25, -0.2) is 4.68 Å². The number of hydrogen-bond donors (Lipinski definition) is 2. The molecule has 5 rings (SSSR count). The molecule has 0 radical (unpaired) electrons. The Bertz CT molecular complexity index is 1510. The molecule has 1 amide bonds. The number of Topliss-reactive ketones (excluding diaryl/α,β-unsaturated/α-hetero) is 1. The fourth-order valence-corrected chi connectivity index (χ4v) is 5.04. The number of nitrogens with one attached hydrogen (secondary N) is 2. The predicted octanol–water partition coefficient (Wildman–Crippen LogP) is 5.50. The van der Waals surface area contributed by atoms with E-state index in [0.717, 1.165) is 11.1 Å². The molecule has 0 saturated heterocycles. The number of amides is 1. The molecule has 2 N–H and O–H groups in total. The van der Waals surface area contributed by atoms with Crippen LogP contribution in [0.4, 0.5) is 11.6 Å². The van der Waals surface area contributed by atoms with Gasteiger partial charge in [-0.15, -0.1) is 5.10 Å². The first-order valence-corrected chi connectivity index (χ1v) is 13.1. The Labute approximate surface area is 225 Å². The van der Waals surface area contributed by atoms with Gasteiger partial charge >= 0.3 is 0 Å². The standard InChI is InChI=1S/C29H27N5O3S/c1-18-13-15-20(16-14-18)23(35)17-38-29-32-28-30-19(2)25(26(34(28)33-29)21-9-5-4-6-10-21)27(36)31-22-11-7-8-12-24(22)37-3/h4-16,26H,17H2,1-3H3,(H,31,36)(H,30,32,33)/t26-/m1/s1. The van der Waals surface area contributed by atoms with Crippen LogP contribution in [0.5, 0.6) is 5.75 Å². The number of para-hydroxylation sites is 2. The number of methoxy groups -OCH3 is 1. The van der Waals surface area contributed by atoms with Crippen molar-refractivity contribution in [1.82, 2.24) is 14.8 Å². The molecular formula is C29H27N5O3S. The summed E-state index contributed by atoms with van der Waals surface area (Å²) in [5.41, 5.74) is 4.38. The van der Waals surface area contributed by atoms with Crippen LogP contribution in [0, 0.1) is 6.92 Å². The van der Waals surface area contributed by atoms with Gasteiger partial charge < -0.3 is 15.4 Å². The average molecular weight is 526 g/mol. The second-order valence-electron chi connectivity index (χ2n) is 8.87. The number of ether oxygens (including phenoxy) is 1. The Hall–Kier alpha value is -4.37. The van der Waals surface area contributed by atoms with Gasteiger partial charge in [0.05, 0.1) is 24.1 Å². The maximum atomic E-state index is 13.7. The van der Waals surface area contributed by atoms with Gasteiger partial charge in [0.2, 0.25) is 11.1 Å². The fraction of sp³-hybridized carbons (Fsp3) is 0.172. The summed E-state index contributed by atoms with van der Waals surface area (Å²) in [5, 5.41) is 11.4. The summed E-state index contributed by atoms with van der Waals surface area (Å²) >= 11 is 1.27. The maximum Gasteiger partial charge on any atom is 0.255 e. The molecule has 8 nitrogen and oxygen atoms in total. The molecule has 1 aliphatic heterocycles. The van der Waals surface area contributed by atoms with E-state index < -0.39 is 6.04 Å². The van der Waals surface area contributed by atoms with Crippen molar-refractivity contribution >= 4 is 35.1 Å². The zero-order valence-corrected chi connectivity index (χ0v) is 22.1. The van der Waals surface area contributed by atoms with Gasteiger partial charge in [0, 0.05) is 11.3 Å². The number of carbonyl (C=O) groups excluding carboxylic acids is 2.